The van der Waals surface area contributed by atoms with E-state index in [-0.39, 0.29) is 23.7 Å². The van der Waals surface area contributed by atoms with Gasteiger partial charge in [0.2, 0.25) is 17.4 Å². The maximum atomic E-state index is 12.7. The molecule has 0 spiro atoms. The first-order valence-electron chi connectivity index (χ1n) is 9.53. The minimum Gasteiger partial charge on any atom is -0.493 e. The van der Waals surface area contributed by atoms with E-state index < -0.39 is 0 Å². The van der Waals surface area contributed by atoms with Gasteiger partial charge < -0.3 is 24.3 Å². The monoisotopic (exact) mass is 401 g/mol. The highest BCUT2D eigenvalue weighted by molar-refractivity contribution is 6.03. The van der Waals surface area contributed by atoms with E-state index in [1.165, 1.54) is 14.0 Å². The molecular weight excluding hydrogens is 374 g/mol. The summed E-state index contributed by atoms with van der Waals surface area (Å²) in [5, 5.41) is 3.00. The number of benzene rings is 1. The van der Waals surface area contributed by atoms with Crippen LogP contribution < -0.4 is 19.5 Å². The number of carbonyl (C=O) groups excluding carboxylic acids is 2. The Morgan fingerprint density at radius 2 is 1.79 bits per heavy atom. The average Bonchev–Trinajstić information content (AvgIpc) is 2.95. The van der Waals surface area contributed by atoms with Crippen LogP contribution in [0.2, 0.25) is 0 Å². The van der Waals surface area contributed by atoms with Crippen LogP contribution in [-0.2, 0) is 20.7 Å². The highest BCUT2D eigenvalue weighted by Gasteiger charge is 2.36. The Hall–Kier alpha value is -2.96. The zero-order chi connectivity index (χ0) is 21.1. The van der Waals surface area contributed by atoms with Crippen LogP contribution in [0.25, 0.3) is 0 Å². The quantitative estimate of drug-likeness (QED) is 0.817. The van der Waals surface area contributed by atoms with Gasteiger partial charge in [-0.3, -0.25) is 9.59 Å². The molecule has 0 aromatic heterocycles. The van der Waals surface area contributed by atoms with Crippen LogP contribution in [0.1, 0.15) is 36.8 Å². The maximum Gasteiger partial charge on any atom is 0.220 e. The molecule has 2 aliphatic carbocycles. The molecule has 0 bridgehead atoms. The number of hydrogen-bond donors (Lipinski definition) is 1. The Kier molecular flexibility index (Phi) is 6.15. The Labute approximate surface area is 170 Å². The van der Waals surface area contributed by atoms with E-state index in [9.17, 15) is 9.59 Å². The lowest BCUT2D eigenvalue weighted by atomic mass is 9.84. The van der Waals surface area contributed by atoms with Gasteiger partial charge in [0.15, 0.2) is 17.3 Å². The molecular formula is C22H27NO6. The summed E-state index contributed by atoms with van der Waals surface area (Å²) in [7, 11) is 6.23. The molecule has 0 saturated carbocycles. The molecule has 0 fully saturated rings. The number of allylic oxidation sites excluding steroid dienone is 2. The van der Waals surface area contributed by atoms with E-state index >= 15 is 0 Å². The van der Waals surface area contributed by atoms with Crippen LogP contribution in [0.5, 0.6) is 17.2 Å². The van der Waals surface area contributed by atoms with Crippen LogP contribution in [-0.4, -0.2) is 46.2 Å². The van der Waals surface area contributed by atoms with Gasteiger partial charge in [0.05, 0.1) is 34.5 Å². The summed E-state index contributed by atoms with van der Waals surface area (Å²) >= 11 is 0. The van der Waals surface area contributed by atoms with Gasteiger partial charge in [-0.2, -0.15) is 0 Å². The van der Waals surface area contributed by atoms with E-state index in [2.05, 4.69) is 5.32 Å². The van der Waals surface area contributed by atoms with Crippen molar-refractivity contribution >= 4 is 11.7 Å². The van der Waals surface area contributed by atoms with Crippen LogP contribution >= 0.6 is 0 Å². The first-order valence-corrected chi connectivity index (χ1v) is 9.53. The summed E-state index contributed by atoms with van der Waals surface area (Å²) in [6, 6.07) is 1.69. The van der Waals surface area contributed by atoms with Crippen LogP contribution in [0.3, 0.4) is 0 Å². The van der Waals surface area contributed by atoms with E-state index in [1.54, 1.807) is 33.5 Å². The highest BCUT2D eigenvalue weighted by Crippen LogP contribution is 2.50. The van der Waals surface area contributed by atoms with Crippen molar-refractivity contribution < 1.29 is 28.5 Å². The molecule has 1 aromatic carbocycles. The molecule has 1 N–H and O–H groups in total. The number of ether oxygens (including phenoxy) is 4. The normalized spacial score (nSPS) is 20.8. The zero-order valence-electron chi connectivity index (χ0n) is 17.5. The molecule has 0 heterocycles. The van der Waals surface area contributed by atoms with Gasteiger partial charge in [-0.05, 0) is 48.6 Å². The Bertz CT molecular complexity index is 886. The smallest absolute Gasteiger partial charge is 0.220 e. The van der Waals surface area contributed by atoms with Crippen molar-refractivity contribution in [1.29, 1.82) is 0 Å². The van der Waals surface area contributed by atoms with Gasteiger partial charge in [0.25, 0.3) is 0 Å². The zero-order valence-corrected chi connectivity index (χ0v) is 17.5. The standard InChI is InChI=1S/C22H27NO6/c1-12(24)23-16-8-6-13-10-19(27-3)21(28-4)22(29-5)20(13)14-7-9-18(26-2)17(25)11-15(14)16/h9-11,14,16H,6-8H2,1-5H3,(H,23,24)/t14?,16-/m0/s1. The minimum atomic E-state index is -0.264. The van der Waals surface area contributed by atoms with Crippen molar-refractivity contribution in [3.63, 3.8) is 0 Å². The van der Waals surface area contributed by atoms with Crippen LogP contribution in [0.4, 0.5) is 0 Å². The molecule has 2 atom stereocenters. The van der Waals surface area contributed by atoms with E-state index in [0.717, 1.165) is 16.7 Å². The molecule has 3 rings (SSSR count). The number of amides is 1. The molecule has 0 radical (unpaired) electrons. The van der Waals surface area contributed by atoms with E-state index in [4.69, 9.17) is 18.9 Å². The van der Waals surface area contributed by atoms with Crippen molar-refractivity contribution in [3.8, 4) is 17.2 Å². The maximum absolute atomic E-state index is 12.7. The van der Waals surface area contributed by atoms with Gasteiger partial charge in [-0.15, -0.1) is 0 Å². The highest BCUT2D eigenvalue weighted by atomic mass is 16.5. The molecule has 1 aromatic rings. The summed E-state index contributed by atoms with van der Waals surface area (Å²) in [6.45, 7) is 1.48. The lowest BCUT2D eigenvalue weighted by molar-refractivity contribution is -0.119. The number of fused-ring (bicyclic) bond motifs is 3. The first kappa shape index (κ1) is 20.8. The fourth-order valence-corrected chi connectivity index (χ4v) is 4.28. The van der Waals surface area contributed by atoms with Gasteiger partial charge in [-0.1, -0.05) is 0 Å². The third-order valence-electron chi connectivity index (χ3n) is 5.49. The molecule has 2 aliphatic rings. The Morgan fingerprint density at radius 1 is 1.07 bits per heavy atom. The van der Waals surface area contributed by atoms with E-state index in [0.29, 0.717) is 42.3 Å². The molecule has 1 amide bonds. The van der Waals surface area contributed by atoms with Gasteiger partial charge >= 0.3 is 0 Å². The summed E-state index contributed by atoms with van der Waals surface area (Å²) in [5.41, 5.74) is 2.84. The lowest BCUT2D eigenvalue weighted by Gasteiger charge is -2.26. The minimum absolute atomic E-state index is 0.139. The second-order valence-corrected chi connectivity index (χ2v) is 7.08. The van der Waals surface area contributed by atoms with Crippen molar-refractivity contribution in [2.75, 3.05) is 28.4 Å². The van der Waals surface area contributed by atoms with Crippen molar-refractivity contribution in [2.45, 2.75) is 38.1 Å². The average molecular weight is 401 g/mol. The van der Waals surface area contributed by atoms with Crippen molar-refractivity contribution in [1.82, 2.24) is 5.32 Å². The van der Waals surface area contributed by atoms with Gasteiger partial charge in [0, 0.05) is 18.4 Å². The molecule has 7 nitrogen and oxygen atoms in total. The number of methoxy groups -OCH3 is 4. The molecule has 7 heteroatoms. The SMILES string of the molecule is COC1=CCC2C(=CC1=O)[C@@H](NC(C)=O)CCc1cc(OC)c(OC)c(OC)c12. The van der Waals surface area contributed by atoms with Crippen molar-refractivity contribution in [2.24, 2.45) is 0 Å². The summed E-state index contributed by atoms with van der Waals surface area (Å²) in [4.78, 5) is 24.5. The summed E-state index contributed by atoms with van der Waals surface area (Å²) in [5.74, 6) is 1.47. The van der Waals surface area contributed by atoms with Crippen LogP contribution in [0, 0.1) is 0 Å². The topological polar surface area (TPSA) is 83.1 Å². The lowest BCUT2D eigenvalue weighted by Crippen LogP contribution is -2.36. The van der Waals surface area contributed by atoms with E-state index in [1.807, 2.05) is 6.07 Å². The fraction of sp³-hybridized carbons (Fsp3) is 0.455. The predicted molar refractivity (Wildman–Crippen MR) is 108 cm³/mol. The predicted octanol–water partition coefficient (Wildman–Crippen LogP) is 2.68. The summed E-state index contributed by atoms with van der Waals surface area (Å²) < 4.78 is 22.1. The number of rotatable bonds is 5. The second kappa shape index (κ2) is 8.59. The van der Waals surface area contributed by atoms with Crippen molar-refractivity contribution in [3.05, 3.63) is 40.7 Å². The molecule has 1 unspecified atom stereocenters. The first-order chi connectivity index (χ1) is 13.9. The third kappa shape index (κ3) is 3.81. The van der Waals surface area contributed by atoms with Crippen LogP contribution in [0.15, 0.2) is 29.6 Å². The number of hydrogen-bond acceptors (Lipinski definition) is 6. The van der Waals surface area contributed by atoms with Gasteiger partial charge in [-0.25, -0.2) is 0 Å². The second-order valence-electron chi connectivity index (χ2n) is 7.08. The number of nitrogens with one attached hydrogen (secondary N) is 1. The molecule has 0 saturated heterocycles. The largest absolute Gasteiger partial charge is 0.493 e. The number of carbonyl (C=O) groups is 2. The van der Waals surface area contributed by atoms with Gasteiger partial charge in [0.1, 0.15) is 0 Å². The number of aryl methyl sites for hydroxylation is 1. The fourth-order valence-electron chi connectivity index (χ4n) is 4.28. The molecule has 29 heavy (non-hydrogen) atoms. The molecule has 0 aliphatic heterocycles. The Balaban J connectivity index is 2.26. The summed E-state index contributed by atoms with van der Waals surface area (Å²) in [6.07, 6.45) is 5.28. The molecule has 156 valence electrons. The number of ketones is 1. The Morgan fingerprint density at radius 3 is 2.38 bits per heavy atom. The third-order valence-corrected chi connectivity index (χ3v) is 5.49.